The third-order valence-electron chi connectivity index (χ3n) is 1.60. The van der Waals surface area contributed by atoms with Gasteiger partial charge < -0.3 is 5.32 Å². The molecule has 0 bridgehead atoms. The van der Waals surface area contributed by atoms with Gasteiger partial charge in [0, 0.05) is 20.6 Å². The highest BCUT2D eigenvalue weighted by atomic mass is 32.2. The molecule has 0 rings (SSSR count). The molecule has 0 aliphatic rings. The highest BCUT2D eigenvalue weighted by Gasteiger charge is 2.14. The summed E-state index contributed by atoms with van der Waals surface area (Å²) in [5, 5.41) is 2.61. The molecular formula is C8H19N3O3S. The lowest BCUT2D eigenvalue weighted by Crippen LogP contribution is -2.42. The summed E-state index contributed by atoms with van der Waals surface area (Å²) in [5.41, 5.74) is 0. The van der Waals surface area contributed by atoms with Crippen LogP contribution in [0.15, 0.2) is 0 Å². The third kappa shape index (κ3) is 6.43. The summed E-state index contributed by atoms with van der Waals surface area (Å²) in [6, 6.07) is 0. The molecule has 0 unspecified atom stereocenters. The molecule has 0 spiro atoms. The minimum absolute atomic E-state index is 0.229. The van der Waals surface area contributed by atoms with Crippen molar-refractivity contribution < 1.29 is 13.2 Å². The molecule has 90 valence electrons. The van der Waals surface area contributed by atoms with Gasteiger partial charge in [0.2, 0.25) is 5.91 Å². The van der Waals surface area contributed by atoms with Crippen LogP contribution in [0.3, 0.4) is 0 Å². The van der Waals surface area contributed by atoms with Crippen molar-refractivity contribution in [2.24, 2.45) is 5.92 Å². The number of rotatable bonds is 6. The van der Waals surface area contributed by atoms with Crippen LogP contribution in [0.5, 0.6) is 0 Å². The summed E-state index contributed by atoms with van der Waals surface area (Å²) >= 11 is 0. The van der Waals surface area contributed by atoms with Gasteiger partial charge in [-0.2, -0.15) is 17.4 Å². The lowest BCUT2D eigenvalue weighted by molar-refractivity contribution is -0.120. The lowest BCUT2D eigenvalue weighted by atomic mass is 10.2. The monoisotopic (exact) mass is 237 g/mol. The van der Waals surface area contributed by atoms with Gasteiger partial charge in [0.05, 0.1) is 6.54 Å². The predicted octanol–water partition coefficient (Wildman–Crippen LogP) is -0.845. The van der Waals surface area contributed by atoms with Crippen molar-refractivity contribution >= 4 is 16.1 Å². The molecule has 0 aromatic heterocycles. The summed E-state index contributed by atoms with van der Waals surface area (Å²) in [5.74, 6) is 0.0218. The first-order valence-electron chi connectivity index (χ1n) is 4.69. The summed E-state index contributed by atoms with van der Waals surface area (Å²) < 4.78 is 25.6. The molecular weight excluding hydrogens is 218 g/mol. The largest absolute Gasteiger partial charge is 0.355 e. The van der Waals surface area contributed by atoms with E-state index in [1.165, 1.54) is 14.1 Å². The SMILES string of the molecule is CC(C)CNC(=O)CNS(=O)(=O)N(C)C. The quantitative estimate of drug-likeness (QED) is 0.632. The Morgan fingerprint density at radius 2 is 1.87 bits per heavy atom. The molecule has 15 heavy (non-hydrogen) atoms. The van der Waals surface area contributed by atoms with Gasteiger partial charge in [-0.25, -0.2) is 0 Å². The lowest BCUT2D eigenvalue weighted by Gasteiger charge is -2.12. The first-order chi connectivity index (χ1) is 6.75. The average Bonchev–Trinajstić information content (AvgIpc) is 2.11. The van der Waals surface area contributed by atoms with Crippen LogP contribution in [0, 0.1) is 5.92 Å². The fraction of sp³-hybridized carbons (Fsp3) is 0.875. The maximum Gasteiger partial charge on any atom is 0.279 e. The Morgan fingerprint density at radius 1 is 1.33 bits per heavy atom. The predicted molar refractivity (Wildman–Crippen MR) is 58.5 cm³/mol. The van der Waals surface area contributed by atoms with Gasteiger partial charge in [-0.3, -0.25) is 4.79 Å². The third-order valence-corrected chi connectivity index (χ3v) is 3.07. The summed E-state index contributed by atoms with van der Waals surface area (Å²) in [6.45, 7) is 4.24. The minimum atomic E-state index is -3.51. The van der Waals surface area contributed by atoms with Crippen LogP contribution in [0.4, 0.5) is 0 Å². The zero-order valence-corrected chi connectivity index (χ0v) is 10.4. The van der Waals surface area contributed by atoms with E-state index in [0.29, 0.717) is 12.5 Å². The molecule has 0 heterocycles. The van der Waals surface area contributed by atoms with Crippen LogP contribution in [0.2, 0.25) is 0 Å². The van der Waals surface area contributed by atoms with Crippen LogP contribution < -0.4 is 10.0 Å². The van der Waals surface area contributed by atoms with E-state index in [0.717, 1.165) is 4.31 Å². The topological polar surface area (TPSA) is 78.5 Å². The molecule has 0 saturated carbocycles. The van der Waals surface area contributed by atoms with E-state index in [2.05, 4.69) is 10.0 Å². The van der Waals surface area contributed by atoms with Crippen molar-refractivity contribution in [2.75, 3.05) is 27.2 Å². The zero-order valence-electron chi connectivity index (χ0n) is 9.57. The Morgan fingerprint density at radius 3 is 2.27 bits per heavy atom. The van der Waals surface area contributed by atoms with Gasteiger partial charge in [-0.15, -0.1) is 0 Å². The summed E-state index contributed by atoms with van der Waals surface area (Å²) in [4.78, 5) is 11.2. The number of amides is 1. The minimum Gasteiger partial charge on any atom is -0.355 e. The van der Waals surface area contributed by atoms with Crippen LogP contribution in [0.1, 0.15) is 13.8 Å². The average molecular weight is 237 g/mol. The zero-order chi connectivity index (χ0) is 12.1. The van der Waals surface area contributed by atoms with E-state index < -0.39 is 10.2 Å². The van der Waals surface area contributed by atoms with E-state index in [9.17, 15) is 13.2 Å². The normalized spacial score (nSPS) is 12.1. The molecule has 0 fully saturated rings. The number of hydrogen-bond acceptors (Lipinski definition) is 3. The molecule has 0 aliphatic carbocycles. The van der Waals surface area contributed by atoms with Crippen molar-refractivity contribution in [1.29, 1.82) is 0 Å². The molecule has 6 nitrogen and oxygen atoms in total. The highest BCUT2D eigenvalue weighted by Crippen LogP contribution is 1.88. The van der Waals surface area contributed by atoms with E-state index in [-0.39, 0.29) is 12.5 Å². The molecule has 0 aromatic carbocycles. The molecule has 0 aromatic rings. The standard InChI is InChI=1S/C8H19N3O3S/c1-7(2)5-9-8(12)6-10-15(13,14)11(3)4/h7,10H,5-6H2,1-4H3,(H,9,12). The van der Waals surface area contributed by atoms with Crippen LogP contribution in [-0.4, -0.2) is 45.8 Å². The maximum atomic E-state index is 11.2. The fourth-order valence-electron chi connectivity index (χ4n) is 0.666. The van der Waals surface area contributed by atoms with E-state index in [4.69, 9.17) is 0 Å². The van der Waals surface area contributed by atoms with Crippen molar-refractivity contribution in [2.45, 2.75) is 13.8 Å². The molecule has 0 saturated heterocycles. The Kier molecular flexibility index (Phi) is 5.77. The molecule has 0 atom stereocenters. The maximum absolute atomic E-state index is 11.2. The van der Waals surface area contributed by atoms with E-state index >= 15 is 0 Å². The van der Waals surface area contributed by atoms with Crippen molar-refractivity contribution in [1.82, 2.24) is 14.3 Å². The van der Waals surface area contributed by atoms with E-state index in [1.54, 1.807) is 0 Å². The Labute approximate surface area is 91.2 Å². The van der Waals surface area contributed by atoms with Gasteiger partial charge in [0.15, 0.2) is 0 Å². The first kappa shape index (κ1) is 14.3. The van der Waals surface area contributed by atoms with Crippen LogP contribution in [-0.2, 0) is 15.0 Å². The second-order valence-electron chi connectivity index (χ2n) is 3.81. The number of nitrogens with zero attached hydrogens (tertiary/aromatic N) is 1. The molecule has 0 radical (unpaired) electrons. The van der Waals surface area contributed by atoms with Crippen molar-refractivity contribution in [3.8, 4) is 0 Å². The Bertz CT molecular complexity index is 298. The molecule has 0 aliphatic heterocycles. The molecule has 7 heteroatoms. The van der Waals surface area contributed by atoms with Crippen molar-refractivity contribution in [3.05, 3.63) is 0 Å². The second-order valence-corrected chi connectivity index (χ2v) is 5.78. The second kappa shape index (κ2) is 6.04. The van der Waals surface area contributed by atoms with Gasteiger partial charge in [0.1, 0.15) is 0 Å². The number of nitrogens with one attached hydrogen (secondary N) is 2. The van der Waals surface area contributed by atoms with Crippen LogP contribution >= 0.6 is 0 Å². The summed E-state index contributed by atoms with van der Waals surface area (Å²) in [6.07, 6.45) is 0. The highest BCUT2D eigenvalue weighted by molar-refractivity contribution is 7.87. The van der Waals surface area contributed by atoms with Crippen molar-refractivity contribution in [3.63, 3.8) is 0 Å². The number of carbonyl (C=O) groups is 1. The fourth-order valence-corrected chi connectivity index (χ4v) is 1.24. The Balaban J connectivity index is 3.92. The first-order valence-corrected chi connectivity index (χ1v) is 6.13. The molecule has 1 amide bonds. The Hall–Kier alpha value is -0.660. The van der Waals surface area contributed by atoms with Crippen LogP contribution in [0.25, 0.3) is 0 Å². The van der Waals surface area contributed by atoms with E-state index in [1.807, 2.05) is 13.8 Å². The number of carbonyl (C=O) groups excluding carboxylic acids is 1. The smallest absolute Gasteiger partial charge is 0.279 e. The van der Waals surface area contributed by atoms with Gasteiger partial charge in [-0.05, 0) is 5.92 Å². The molecule has 2 N–H and O–H groups in total. The van der Waals surface area contributed by atoms with Gasteiger partial charge >= 0.3 is 0 Å². The summed E-state index contributed by atoms with van der Waals surface area (Å²) in [7, 11) is -0.715. The van der Waals surface area contributed by atoms with Gasteiger partial charge in [-0.1, -0.05) is 13.8 Å². The van der Waals surface area contributed by atoms with Gasteiger partial charge in [0.25, 0.3) is 10.2 Å². The number of hydrogen-bond donors (Lipinski definition) is 2.